The molecule has 1 aromatic heterocycles. The molecule has 14 heteroatoms. The number of amidine groups is 1. The first-order valence-electron chi connectivity index (χ1n) is 13.3. The van der Waals surface area contributed by atoms with Crippen molar-refractivity contribution in [3.63, 3.8) is 0 Å². The van der Waals surface area contributed by atoms with E-state index in [4.69, 9.17) is 15.2 Å². The van der Waals surface area contributed by atoms with Crippen LogP contribution in [0.25, 0.3) is 0 Å². The first-order chi connectivity index (χ1) is 20.1. The van der Waals surface area contributed by atoms with Crippen LogP contribution in [-0.2, 0) is 19.1 Å². The molecule has 1 heterocycles. The fourth-order valence-corrected chi connectivity index (χ4v) is 3.65. The van der Waals surface area contributed by atoms with Gasteiger partial charge in [-0.2, -0.15) is 0 Å². The van der Waals surface area contributed by atoms with Crippen LogP contribution < -0.4 is 16.4 Å². The Kier molecular flexibility index (Phi) is 12.9. The third-order valence-corrected chi connectivity index (χ3v) is 5.99. The normalized spacial score (nSPS) is 12.0. The molecule has 0 fully saturated rings. The molecule has 2 aromatic rings. The SMILES string of the molecule is CCCNC(=O)c1ccc(C)c(N=C(N=CN)c2[nH]cc(C(=O)N(CCC)C(=O)OCOC(=O)[C@H](C)NC=O)c2C)c1. The van der Waals surface area contributed by atoms with Crippen molar-refractivity contribution in [3.8, 4) is 0 Å². The van der Waals surface area contributed by atoms with Gasteiger partial charge in [0.25, 0.3) is 11.8 Å². The highest BCUT2D eigenvalue weighted by molar-refractivity contribution is 6.09. The Morgan fingerprint density at radius 1 is 1.14 bits per heavy atom. The van der Waals surface area contributed by atoms with Gasteiger partial charge in [0, 0.05) is 24.8 Å². The number of hydrogen-bond donors (Lipinski definition) is 4. The molecule has 0 aliphatic heterocycles. The number of H-pyrrole nitrogens is 1. The second kappa shape index (κ2) is 16.3. The van der Waals surface area contributed by atoms with E-state index in [9.17, 15) is 24.0 Å². The third-order valence-electron chi connectivity index (χ3n) is 5.99. The van der Waals surface area contributed by atoms with E-state index < -0.39 is 30.8 Å². The Morgan fingerprint density at radius 3 is 2.52 bits per heavy atom. The zero-order valence-corrected chi connectivity index (χ0v) is 24.4. The second-order valence-corrected chi connectivity index (χ2v) is 9.13. The minimum atomic E-state index is -1.02. The topological polar surface area (TPSA) is 198 Å². The summed E-state index contributed by atoms with van der Waals surface area (Å²) in [5, 5.41) is 5.04. The number of nitrogens with zero attached hydrogens (tertiary/aromatic N) is 3. The van der Waals surface area contributed by atoms with Crippen LogP contribution in [0, 0.1) is 13.8 Å². The molecule has 2 rings (SSSR count). The lowest BCUT2D eigenvalue weighted by Crippen LogP contribution is -2.39. The van der Waals surface area contributed by atoms with Gasteiger partial charge in [-0.15, -0.1) is 0 Å². The van der Waals surface area contributed by atoms with Crippen molar-refractivity contribution in [1.29, 1.82) is 0 Å². The summed E-state index contributed by atoms with van der Waals surface area (Å²) in [5.74, 6) is -1.56. The van der Waals surface area contributed by atoms with Crippen LogP contribution >= 0.6 is 0 Å². The Balaban J connectivity index is 2.32. The average molecular weight is 584 g/mol. The number of aromatic nitrogens is 1. The van der Waals surface area contributed by atoms with Crippen LogP contribution in [0.1, 0.15) is 71.1 Å². The number of rotatable bonds is 13. The van der Waals surface area contributed by atoms with Crippen LogP contribution in [0.2, 0.25) is 0 Å². The maximum absolute atomic E-state index is 13.4. The van der Waals surface area contributed by atoms with Crippen molar-refractivity contribution in [2.75, 3.05) is 19.9 Å². The number of amides is 4. The Morgan fingerprint density at radius 2 is 1.88 bits per heavy atom. The summed E-state index contributed by atoms with van der Waals surface area (Å²) in [6.45, 7) is 8.44. The van der Waals surface area contributed by atoms with Gasteiger partial charge in [-0.3, -0.25) is 14.4 Å². The molecule has 0 saturated carbocycles. The van der Waals surface area contributed by atoms with Gasteiger partial charge in [0.1, 0.15) is 6.04 Å². The van der Waals surface area contributed by atoms with Crippen molar-refractivity contribution in [2.24, 2.45) is 15.7 Å². The fourth-order valence-electron chi connectivity index (χ4n) is 3.65. The molecule has 0 bridgehead atoms. The van der Waals surface area contributed by atoms with Gasteiger partial charge in [-0.05, 0) is 56.9 Å². The summed E-state index contributed by atoms with van der Waals surface area (Å²) in [5.41, 5.74) is 8.24. The van der Waals surface area contributed by atoms with E-state index in [2.05, 4.69) is 25.6 Å². The van der Waals surface area contributed by atoms with E-state index in [1.165, 1.54) is 13.1 Å². The zero-order valence-electron chi connectivity index (χ0n) is 24.4. The molecule has 4 amide bonds. The van der Waals surface area contributed by atoms with Gasteiger partial charge in [-0.25, -0.2) is 24.5 Å². The van der Waals surface area contributed by atoms with E-state index in [0.717, 1.165) is 23.2 Å². The summed E-state index contributed by atoms with van der Waals surface area (Å²) in [4.78, 5) is 73.5. The van der Waals surface area contributed by atoms with Crippen molar-refractivity contribution >= 4 is 48.1 Å². The summed E-state index contributed by atoms with van der Waals surface area (Å²) in [6, 6.07) is 4.17. The van der Waals surface area contributed by atoms with E-state index in [-0.39, 0.29) is 23.9 Å². The van der Waals surface area contributed by atoms with E-state index in [0.29, 0.717) is 41.9 Å². The molecule has 226 valence electrons. The molecule has 14 nitrogen and oxygen atoms in total. The largest absolute Gasteiger partial charge is 0.426 e. The van der Waals surface area contributed by atoms with Gasteiger partial charge in [-0.1, -0.05) is 19.9 Å². The Labute approximate surface area is 243 Å². The van der Waals surface area contributed by atoms with Crippen molar-refractivity contribution in [2.45, 2.75) is 53.5 Å². The highest BCUT2D eigenvalue weighted by Gasteiger charge is 2.28. The number of nitrogens with two attached hydrogens (primary N) is 1. The molecule has 5 N–H and O–H groups in total. The predicted molar refractivity (Wildman–Crippen MR) is 156 cm³/mol. The molecule has 0 aliphatic carbocycles. The zero-order chi connectivity index (χ0) is 31.2. The van der Waals surface area contributed by atoms with Crippen LogP contribution in [0.15, 0.2) is 34.4 Å². The molecule has 0 radical (unpaired) electrons. The predicted octanol–water partition coefficient (Wildman–Crippen LogP) is 2.46. The van der Waals surface area contributed by atoms with Gasteiger partial charge in [0.05, 0.1) is 23.3 Å². The quantitative estimate of drug-likeness (QED) is 0.0906. The number of aromatic amines is 1. The molecule has 42 heavy (non-hydrogen) atoms. The highest BCUT2D eigenvalue weighted by atomic mass is 16.7. The average Bonchev–Trinajstić information content (AvgIpc) is 3.35. The number of aliphatic imine (C=N–C) groups is 2. The second-order valence-electron chi connectivity index (χ2n) is 9.13. The van der Waals surface area contributed by atoms with Crippen molar-refractivity contribution < 1.29 is 33.4 Å². The Bertz CT molecular complexity index is 1350. The number of nitrogens with one attached hydrogen (secondary N) is 3. The fraction of sp³-hybridized carbons (Fsp3) is 0.393. The molecule has 0 spiro atoms. The van der Waals surface area contributed by atoms with Crippen molar-refractivity contribution in [3.05, 3.63) is 52.3 Å². The number of aryl methyl sites for hydroxylation is 1. The number of carbonyl (C=O) groups excluding carboxylic acids is 5. The van der Waals surface area contributed by atoms with E-state index in [1.54, 1.807) is 32.0 Å². The lowest BCUT2D eigenvalue weighted by Gasteiger charge is -2.20. The number of hydrogen-bond acceptors (Lipinski definition) is 8. The van der Waals surface area contributed by atoms with E-state index in [1.807, 2.05) is 13.8 Å². The molecule has 0 unspecified atom stereocenters. The molecular formula is C28H37N7O7. The number of carbonyl (C=O) groups is 5. The smallest absolute Gasteiger partial charge is 0.419 e. The third kappa shape index (κ3) is 8.74. The van der Waals surface area contributed by atoms with Gasteiger partial charge in [0.15, 0.2) is 5.84 Å². The minimum Gasteiger partial charge on any atom is -0.426 e. The van der Waals surface area contributed by atoms with Gasteiger partial charge < -0.3 is 30.8 Å². The summed E-state index contributed by atoms with van der Waals surface area (Å²) < 4.78 is 9.80. The maximum atomic E-state index is 13.4. The molecule has 0 saturated heterocycles. The van der Waals surface area contributed by atoms with Crippen LogP contribution in [-0.4, -0.2) is 78.3 Å². The van der Waals surface area contributed by atoms with Gasteiger partial charge in [0.2, 0.25) is 13.2 Å². The summed E-state index contributed by atoms with van der Waals surface area (Å²) in [7, 11) is 0. The standard InChI is InChI=1S/C28H37N7O7/c1-6-10-30-25(37)20-9-8-17(3)22(12-20)34-24(32-14-29)23-18(4)21(13-31-23)26(38)35(11-7-2)28(40)42-16-41-27(39)19(5)33-15-36/h8-9,12-15,19,31H,6-7,10-11,16H2,1-5H3,(H,30,37)(H,33,36)(H2,29,32,34)/t19-/m0/s1. The first kappa shape index (κ1) is 33.2. The number of imide groups is 1. The summed E-state index contributed by atoms with van der Waals surface area (Å²) in [6.07, 6.45) is 3.03. The highest BCUT2D eigenvalue weighted by Crippen LogP contribution is 2.24. The lowest BCUT2D eigenvalue weighted by molar-refractivity contribution is -0.154. The van der Waals surface area contributed by atoms with Crippen LogP contribution in [0.4, 0.5) is 10.5 Å². The molecule has 0 aliphatic rings. The molecule has 1 atom stereocenters. The van der Waals surface area contributed by atoms with Crippen LogP contribution in [0.5, 0.6) is 0 Å². The van der Waals surface area contributed by atoms with Crippen LogP contribution in [0.3, 0.4) is 0 Å². The lowest BCUT2D eigenvalue weighted by atomic mass is 10.1. The molecule has 1 aromatic carbocycles. The minimum absolute atomic E-state index is 0.0304. The Hall–Kier alpha value is -5.01. The van der Waals surface area contributed by atoms with E-state index >= 15 is 0 Å². The number of esters is 1. The monoisotopic (exact) mass is 583 g/mol. The number of benzene rings is 1. The molecular weight excluding hydrogens is 546 g/mol. The maximum Gasteiger partial charge on any atom is 0.419 e. The first-order valence-corrected chi connectivity index (χ1v) is 13.3. The van der Waals surface area contributed by atoms with Crippen molar-refractivity contribution in [1.82, 2.24) is 20.5 Å². The van der Waals surface area contributed by atoms with Gasteiger partial charge >= 0.3 is 12.1 Å². The number of ether oxygens (including phenoxy) is 2. The summed E-state index contributed by atoms with van der Waals surface area (Å²) >= 11 is 0.